The average Bonchev–Trinajstić information content (AvgIpc) is 3.37. The normalized spacial score (nSPS) is 14.4. The Labute approximate surface area is 208 Å². The molecule has 36 heavy (non-hydrogen) atoms. The van der Waals surface area contributed by atoms with Crippen LogP contribution in [0.5, 0.6) is 0 Å². The summed E-state index contributed by atoms with van der Waals surface area (Å²) in [4.78, 5) is 17.9. The van der Waals surface area contributed by atoms with E-state index < -0.39 is 10.0 Å². The zero-order chi connectivity index (χ0) is 25.3. The van der Waals surface area contributed by atoms with Crippen molar-refractivity contribution in [3.05, 3.63) is 119 Å². The van der Waals surface area contributed by atoms with Crippen molar-refractivity contribution in [2.75, 3.05) is 0 Å². The summed E-state index contributed by atoms with van der Waals surface area (Å²) in [6.45, 7) is 3.73. The predicted octanol–water partition coefficient (Wildman–Crippen LogP) is 4.55. The second-order valence-corrected chi connectivity index (χ2v) is 10.2. The number of benzene rings is 3. The van der Waals surface area contributed by atoms with Crippen molar-refractivity contribution in [3.8, 4) is 0 Å². The number of hydrogen-bond donors (Lipinski definition) is 0. The molecule has 0 aliphatic heterocycles. The number of aryl methyl sites for hydroxylation is 2. The molecule has 3 aromatic carbocycles. The third-order valence-electron chi connectivity index (χ3n) is 5.68. The van der Waals surface area contributed by atoms with E-state index in [1.807, 2.05) is 50.2 Å². The number of carbonyl (C=O) groups is 1. The Morgan fingerprint density at radius 3 is 2.22 bits per heavy atom. The van der Waals surface area contributed by atoms with Gasteiger partial charge in [0.2, 0.25) is 5.78 Å². The average molecular weight is 499 g/mol. The van der Waals surface area contributed by atoms with Crippen molar-refractivity contribution in [2.45, 2.75) is 25.3 Å². The highest BCUT2D eigenvalue weighted by Gasteiger charge is 2.26. The predicted molar refractivity (Wildman–Crippen MR) is 135 cm³/mol. The third-order valence-corrected chi connectivity index (χ3v) is 7.22. The van der Waals surface area contributed by atoms with Gasteiger partial charge in [-0.2, -0.15) is 8.42 Å². The summed E-state index contributed by atoms with van der Waals surface area (Å²) in [6, 6.07) is 21.4. The standard InChI is InChI=1S/C27H22N4O4S/c1-18-7-11-20(12-8-18)28-25-15-26(27(32)24-6-4-3-5-23(24)25)35-17-21-16-31(30-29-21)36(33,34)22-13-9-19(2)10-14-22/h3-16H,17H2,1-2H3. The summed E-state index contributed by atoms with van der Waals surface area (Å²) >= 11 is 0. The lowest BCUT2D eigenvalue weighted by molar-refractivity contribution is 0.0900. The van der Waals surface area contributed by atoms with E-state index in [0.29, 0.717) is 16.8 Å². The summed E-state index contributed by atoms with van der Waals surface area (Å²) in [6.07, 6.45) is 2.87. The second kappa shape index (κ2) is 9.35. The van der Waals surface area contributed by atoms with Gasteiger partial charge in [0.1, 0.15) is 12.3 Å². The van der Waals surface area contributed by atoms with Crippen LogP contribution in [0.2, 0.25) is 0 Å². The molecule has 5 rings (SSSR count). The van der Waals surface area contributed by atoms with Gasteiger partial charge in [-0.1, -0.05) is 64.9 Å². The van der Waals surface area contributed by atoms with Gasteiger partial charge in [-0.25, -0.2) is 4.99 Å². The molecule has 0 saturated carbocycles. The van der Waals surface area contributed by atoms with Crippen molar-refractivity contribution in [1.82, 2.24) is 14.4 Å². The maximum atomic E-state index is 13.1. The van der Waals surface area contributed by atoms with E-state index >= 15 is 0 Å². The highest BCUT2D eigenvalue weighted by molar-refractivity contribution is 7.89. The van der Waals surface area contributed by atoms with Crippen LogP contribution >= 0.6 is 0 Å². The fourth-order valence-corrected chi connectivity index (χ4v) is 4.79. The van der Waals surface area contributed by atoms with Gasteiger partial charge in [0, 0.05) is 17.2 Å². The van der Waals surface area contributed by atoms with Crippen molar-refractivity contribution in [1.29, 1.82) is 0 Å². The van der Waals surface area contributed by atoms with E-state index in [1.165, 1.54) is 18.3 Å². The number of carbonyl (C=O) groups excluding carboxylic acids is 1. The molecule has 0 atom stereocenters. The fourth-order valence-electron chi connectivity index (χ4n) is 3.70. The quantitative estimate of drug-likeness (QED) is 0.386. The zero-order valence-electron chi connectivity index (χ0n) is 19.6. The van der Waals surface area contributed by atoms with Crippen LogP contribution in [0, 0.1) is 13.8 Å². The van der Waals surface area contributed by atoms with Crippen LogP contribution in [0.25, 0.3) is 0 Å². The number of ketones is 1. The lowest BCUT2D eigenvalue weighted by Gasteiger charge is -2.17. The molecule has 1 aromatic heterocycles. The fraction of sp³-hybridized carbons (Fsp3) is 0.111. The first-order valence-corrected chi connectivity index (χ1v) is 12.6. The van der Waals surface area contributed by atoms with Crippen LogP contribution in [-0.2, 0) is 21.4 Å². The van der Waals surface area contributed by atoms with Gasteiger partial charge >= 0.3 is 0 Å². The molecule has 0 unspecified atom stereocenters. The van der Waals surface area contributed by atoms with E-state index in [0.717, 1.165) is 20.9 Å². The minimum Gasteiger partial charge on any atom is -0.483 e. The molecule has 0 saturated heterocycles. The molecule has 0 fully saturated rings. The first kappa shape index (κ1) is 23.4. The number of Topliss-reactive ketones (excluding diaryl/α,β-unsaturated/α-hetero) is 1. The maximum Gasteiger partial charge on any atom is 0.284 e. The smallest absolute Gasteiger partial charge is 0.284 e. The Kier molecular flexibility index (Phi) is 6.07. The van der Waals surface area contributed by atoms with Crippen LogP contribution in [0.1, 0.15) is 32.7 Å². The van der Waals surface area contributed by atoms with E-state index in [4.69, 9.17) is 9.73 Å². The summed E-state index contributed by atoms with van der Waals surface area (Å²) < 4.78 is 32.3. The number of ether oxygens (including phenoxy) is 1. The topological polar surface area (TPSA) is 104 Å². The van der Waals surface area contributed by atoms with E-state index in [2.05, 4.69) is 10.3 Å². The lowest BCUT2D eigenvalue weighted by atomic mass is 9.93. The molecule has 0 spiro atoms. The minimum atomic E-state index is -3.89. The Bertz CT molecular complexity index is 1620. The lowest BCUT2D eigenvalue weighted by Crippen LogP contribution is -2.19. The first-order chi connectivity index (χ1) is 17.3. The second-order valence-electron chi connectivity index (χ2n) is 8.41. The van der Waals surface area contributed by atoms with Crippen LogP contribution in [0.3, 0.4) is 0 Å². The molecule has 4 aromatic rings. The van der Waals surface area contributed by atoms with Crippen LogP contribution in [0.15, 0.2) is 101 Å². The van der Waals surface area contributed by atoms with E-state index in [1.54, 1.807) is 30.3 Å². The van der Waals surface area contributed by atoms with Gasteiger partial charge in [0.25, 0.3) is 10.0 Å². The largest absolute Gasteiger partial charge is 0.483 e. The molecule has 1 aliphatic rings. The molecule has 180 valence electrons. The molecule has 0 bridgehead atoms. The maximum absolute atomic E-state index is 13.1. The molecule has 0 radical (unpaired) electrons. The number of allylic oxidation sites excluding steroid dienone is 2. The van der Waals surface area contributed by atoms with E-state index in [9.17, 15) is 13.2 Å². The molecule has 0 amide bonds. The molecule has 1 aliphatic carbocycles. The van der Waals surface area contributed by atoms with Crippen molar-refractivity contribution in [2.24, 2.45) is 4.99 Å². The molecular formula is C27H22N4O4S. The Morgan fingerprint density at radius 1 is 0.889 bits per heavy atom. The number of aromatic nitrogens is 3. The summed E-state index contributed by atoms with van der Waals surface area (Å²) in [7, 11) is -3.89. The Morgan fingerprint density at radius 2 is 1.53 bits per heavy atom. The Hall–Kier alpha value is -4.37. The van der Waals surface area contributed by atoms with Crippen molar-refractivity contribution < 1.29 is 17.9 Å². The van der Waals surface area contributed by atoms with Crippen LogP contribution < -0.4 is 0 Å². The molecule has 8 nitrogen and oxygen atoms in total. The van der Waals surface area contributed by atoms with Gasteiger partial charge < -0.3 is 4.74 Å². The first-order valence-electron chi connectivity index (χ1n) is 11.2. The summed E-state index contributed by atoms with van der Waals surface area (Å²) in [5.41, 5.74) is 4.86. The minimum absolute atomic E-state index is 0.0931. The highest BCUT2D eigenvalue weighted by atomic mass is 32.2. The van der Waals surface area contributed by atoms with Crippen LogP contribution in [0.4, 0.5) is 5.69 Å². The highest BCUT2D eigenvalue weighted by Crippen LogP contribution is 2.26. The van der Waals surface area contributed by atoms with Crippen LogP contribution in [-0.4, -0.2) is 34.3 Å². The third kappa shape index (κ3) is 4.60. The zero-order valence-corrected chi connectivity index (χ0v) is 20.4. The SMILES string of the molecule is Cc1ccc(N=C2C=C(OCc3cn(S(=O)(=O)c4ccc(C)cc4)nn3)C(=O)c3ccccc32)cc1. The van der Waals surface area contributed by atoms with Gasteiger partial charge in [-0.3, -0.25) is 4.79 Å². The van der Waals surface area contributed by atoms with Gasteiger partial charge in [0.05, 0.1) is 22.5 Å². The van der Waals surface area contributed by atoms with Gasteiger partial charge in [-0.05, 0) is 38.1 Å². The number of aliphatic imine (C=N–C) groups is 1. The molecule has 1 heterocycles. The summed E-state index contributed by atoms with van der Waals surface area (Å²) in [5.74, 6) is -0.191. The number of nitrogens with zero attached hydrogens (tertiary/aromatic N) is 4. The summed E-state index contributed by atoms with van der Waals surface area (Å²) in [5, 5.41) is 7.67. The monoisotopic (exact) mass is 498 g/mol. The molecule has 9 heteroatoms. The van der Waals surface area contributed by atoms with E-state index in [-0.39, 0.29) is 28.7 Å². The number of fused-ring (bicyclic) bond motifs is 1. The van der Waals surface area contributed by atoms with Crippen molar-refractivity contribution in [3.63, 3.8) is 0 Å². The Balaban J connectivity index is 1.40. The number of hydrogen-bond acceptors (Lipinski definition) is 7. The van der Waals surface area contributed by atoms with Gasteiger partial charge in [0.15, 0.2) is 5.76 Å². The van der Waals surface area contributed by atoms with Gasteiger partial charge in [-0.15, -0.1) is 9.19 Å². The molecular weight excluding hydrogens is 476 g/mol. The van der Waals surface area contributed by atoms with Crippen molar-refractivity contribution >= 4 is 27.2 Å². The number of rotatable bonds is 6. The molecule has 0 N–H and O–H groups in total.